The maximum absolute atomic E-state index is 12.0. The number of unbranched alkanes of at least 4 members (excludes halogenated alkanes) is 2. The molecule has 0 saturated heterocycles. The topological polar surface area (TPSA) is 38.3 Å². The summed E-state index contributed by atoms with van der Waals surface area (Å²) >= 11 is 1.48. The molecular formula is C15H19NO2S. The lowest BCUT2D eigenvalue weighted by Crippen LogP contribution is -2.14. The third kappa shape index (κ3) is 3.53. The second-order valence-electron chi connectivity index (χ2n) is 4.52. The highest BCUT2D eigenvalue weighted by Crippen LogP contribution is 2.39. The lowest BCUT2D eigenvalue weighted by molar-refractivity contribution is -0.138. The molecule has 4 heteroatoms. The Labute approximate surface area is 118 Å². The molecule has 1 aromatic rings. The van der Waals surface area contributed by atoms with Gasteiger partial charge in [0.25, 0.3) is 0 Å². The Morgan fingerprint density at radius 3 is 2.89 bits per heavy atom. The summed E-state index contributed by atoms with van der Waals surface area (Å²) < 4.78 is 5.31. The van der Waals surface area contributed by atoms with Crippen molar-refractivity contribution >= 4 is 23.4 Å². The number of fused-ring (bicyclic) bond motifs is 1. The number of allylic oxidation sites excluding steroid dienone is 1. The van der Waals surface area contributed by atoms with Crippen LogP contribution in [-0.4, -0.2) is 12.6 Å². The molecule has 0 saturated carbocycles. The van der Waals surface area contributed by atoms with Crippen LogP contribution in [0, 0.1) is 0 Å². The molecule has 0 amide bonds. The molecule has 1 aliphatic heterocycles. The van der Waals surface area contributed by atoms with Gasteiger partial charge >= 0.3 is 5.97 Å². The number of ether oxygens (including phenoxy) is 1. The van der Waals surface area contributed by atoms with Crippen LogP contribution in [0.15, 0.2) is 39.8 Å². The zero-order chi connectivity index (χ0) is 13.7. The van der Waals surface area contributed by atoms with E-state index in [-0.39, 0.29) is 5.97 Å². The fraction of sp³-hybridized carbons (Fsp3) is 0.400. The molecule has 19 heavy (non-hydrogen) atoms. The average molecular weight is 277 g/mol. The molecule has 0 unspecified atom stereocenters. The Hall–Kier alpha value is -1.42. The normalized spacial score (nSPS) is 13.8. The molecule has 0 radical (unpaired) electrons. The Kier molecular flexibility index (Phi) is 4.91. The van der Waals surface area contributed by atoms with Crippen molar-refractivity contribution < 1.29 is 9.53 Å². The van der Waals surface area contributed by atoms with Crippen molar-refractivity contribution in [1.29, 1.82) is 0 Å². The largest absolute Gasteiger partial charge is 0.462 e. The third-order valence-corrected chi connectivity index (χ3v) is 4.18. The minimum absolute atomic E-state index is 0.222. The van der Waals surface area contributed by atoms with Gasteiger partial charge in [-0.15, -0.1) is 0 Å². The van der Waals surface area contributed by atoms with Gasteiger partial charge in [-0.25, -0.2) is 4.79 Å². The molecule has 102 valence electrons. The van der Waals surface area contributed by atoms with E-state index in [0.29, 0.717) is 11.5 Å². The quantitative estimate of drug-likeness (QED) is 0.647. The minimum atomic E-state index is -0.222. The molecule has 1 aliphatic rings. The molecule has 3 nitrogen and oxygen atoms in total. The van der Waals surface area contributed by atoms with Gasteiger partial charge in [0, 0.05) is 10.6 Å². The van der Waals surface area contributed by atoms with Gasteiger partial charge in [0.2, 0.25) is 0 Å². The number of thioether (sulfide) groups is 1. The van der Waals surface area contributed by atoms with Crippen molar-refractivity contribution in [2.24, 2.45) is 0 Å². The van der Waals surface area contributed by atoms with Crippen LogP contribution in [0.2, 0.25) is 0 Å². The number of carbonyl (C=O) groups is 1. The fourth-order valence-electron chi connectivity index (χ4n) is 1.88. The lowest BCUT2D eigenvalue weighted by Gasteiger charge is -2.20. The summed E-state index contributed by atoms with van der Waals surface area (Å²) in [6, 6.07) is 7.96. The van der Waals surface area contributed by atoms with Gasteiger partial charge in [0.1, 0.15) is 4.91 Å². The second-order valence-corrected chi connectivity index (χ2v) is 5.57. The van der Waals surface area contributed by atoms with Crippen LogP contribution in [0.3, 0.4) is 0 Å². The predicted octanol–water partition coefficient (Wildman–Crippen LogP) is 4.17. The number of hydrogen-bond acceptors (Lipinski definition) is 4. The van der Waals surface area contributed by atoms with Crippen molar-refractivity contribution in [3.8, 4) is 0 Å². The summed E-state index contributed by atoms with van der Waals surface area (Å²) in [7, 11) is 0. The summed E-state index contributed by atoms with van der Waals surface area (Å²) in [6.07, 6.45) is 3.16. The van der Waals surface area contributed by atoms with E-state index in [2.05, 4.69) is 12.2 Å². The molecule has 1 heterocycles. The van der Waals surface area contributed by atoms with Gasteiger partial charge in [-0.05, 0) is 25.5 Å². The molecule has 1 N–H and O–H groups in total. The zero-order valence-electron chi connectivity index (χ0n) is 11.4. The van der Waals surface area contributed by atoms with Gasteiger partial charge in [-0.1, -0.05) is 43.7 Å². The number of benzene rings is 1. The van der Waals surface area contributed by atoms with Crippen molar-refractivity contribution in [2.75, 3.05) is 11.9 Å². The number of nitrogens with one attached hydrogen (secondary N) is 1. The number of carbonyl (C=O) groups excluding carboxylic acids is 1. The molecule has 0 aliphatic carbocycles. The van der Waals surface area contributed by atoms with E-state index in [0.717, 1.165) is 35.5 Å². The van der Waals surface area contributed by atoms with E-state index >= 15 is 0 Å². The molecule has 0 spiro atoms. The third-order valence-electron chi connectivity index (χ3n) is 2.93. The van der Waals surface area contributed by atoms with E-state index in [4.69, 9.17) is 4.74 Å². The summed E-state index contributed by atoms with van der Waals surface area (Å²) in [5, 5.41) is 3.25. The van der Waals surface area contributed by atoms with Crippen LogP contribution in [0.25, 0.3) is 0 Å². The first-order chi connectivity index (χ1) is 9.22. The first kappa shape index (κ1) is 14.0. The Morgan fingerprint density at radius 2 is 2.11 bits per heavy atom. The van der Waals surface area contributed by atoms with E-state index in [9.17, 15) is 4.79 Å². The van der Waals surface area contributed by atoms with Crippen LogP contribution in [0.1, 0.15) is 33.1 Å². The van der Waals surface area contributed by atoms with Crippen molar-refractivity contribution in [2.45, 2.75) is 38.0 Å². The molecule has 0 fully saturated rings. The Balaban J connectivity index is 1.99. The summed E-state index contributed by atoms with van der Waals surface area (Å²) in [5.74, 6) is -0.222. The van der Waals surface area contributed by atoms with Crippen LogP contribution in [0.4, 0.5) is 5.69 Å². The highest BCUT2D eigenvalue weighted by Gasteiger charge is 2.22. The number of anilines is 1. The van der Waals surface area contributed by atoms with E-state index in [1.807, 2.05) is 31.2 Å². The summed E-state index contributed by atoms with van der Waals surface area (Å²) in [4.78, 5) is 13.8. The highest BCUT2D eigenvalue weighted by molar-refractivity contribution is 8.04. The van der Waals surface area contributed by atoms with E-state index in [1.54, 1.807) is 0 Å². The van der Waals surface area contributed by atoms with Crippen LogP contribution < -0.4 is 5.32 Å². The van der Waals surface area contributed by atoms with Crippen LogP contribution >= 0.6 is 11.8 Å². The lowest BCUT2D eigenvalue weighted by atomic mass is 10.3. The molecule has 0 bridgehead atoms. The number of rotatable bonds is 5. The van der Waals surface area contributed by atoms with Gasteiger partial charge < -0.3 is 10.1 Å². The number of hydrogen-bond donors (Lipinski definition) is 1. The number of para-hydroxylation sites is 1. The van der Waals surface area contributed by atoms with Gasteiger partial charge in [0.05, 0.1) is 12.3 Å². The molecule has 0 atom stereocenters. The standard InChI is InChI=1S/C15H19NO2S/c1-3-4-7-10-18-15(17)14-11(2)16-12-8-5-6-9-13(12)19-14/h5-6,8-9,16H,3-4,7,10H2,1-2H3. The zero-order valence-corrected chi connectivity index (χ0v) is 12.2. The van der Waals surface area contributed by atoms with E-state index in [1.165, 1.54) is 11.8 Å². The first-order valence-electron chi connectivity index (χ1n) is 6.64. The Bertz CT molecular complexity index is 497. The predicted molar refractivity (Wildman–Crippen MR) is 79.1 cm³/mol. The van der Waals surface area contributed by atoms with Gasteiger partial charge in [-0.3, -0.25) is 0 Å². The second kappa shape index (κ2) is 6.66. The van der Waals surface area contributed by atoms with Crippen LogP contribution in [0.5, 0.6) is 0 Å². The molecule has 0 aromatic heterocycles. The monoisotopic (exact) mass is 277 g/mol. The highest BCUT2D eigenvalue weighted by atomic mass is 32.2. The average Bonchev–Trinajstić information content (AvgIpc) is 2.42. The first-order valence-corrected chi connectivity index (χ1v) is 7.46. The number of esters is 1. The van der Waals surface area contributed by atoms with Crippen molar-refractivity contribution in [3.63, 3.8) is 0 Å². The van der Waals surface area contributed by atoms with Gasteiger partial charge in [-0.2, -0.15) is 0 Å². The SMILES string of the molecule is CCCCCOC(=O)C1=C(C)Nc2ccccc2S1. The summed E-state index contributed by atoms with van der Waals surface area (Å²) in [5.41, 5.74) is 1.91. The minimum Gasteiger partial charge on any atom is -0.462 e. The smallest absolute Gasteiger partial charge is 0.346 e. The van der Waals surface area contributed by atoms with Crippen molar-refractivity contribution in [1.82, 2.24) is 0 Å². The van der Waals surface area contributed by atoms with Gasteiger partial charge in [0.15, 0.2) is 0 Å². The van der Waals surface area contributed by atoms with E-state index < -0.39 is 0 Å². The van der Waals surface area contributed by atoms with Crippen molar-refractivity contribution in [3.05, 3.63) is 34.9 Å². The summed E-state index contributed by atoms with van der Waals surface area (Å²) in [6.45, 7) is 4.55. The molecule has 2 rings (SSSR count). The molecule has 1 aromatic carbocycles. The maximum Gasteiger partial charge on any atom is 0.346 e. The maximum atomic E-state index is 12.0. The molecular weight excluding hydrogens is 258 g/mol. The Morgan fingerprint density at radius 1 is 1.32 bits per heavy atom. The van der Waals surface area contributed by atoms with Crippen LogP contribution in [-0.2, 0) is 9.53 Å². The fourth-order valence-corrected chi connectivity index (χ4v) is 2.82.